The molecule has 0 spiro atoms. The lowest BCUT2D eigenvalue weighted by atomic mass is 10.1. The number of hydrogen-bond donors (Lipinski definition) is 1. The average molecular weight is 324 g/mol. The predicted molar refractivity (Wildman–Crippen MR) is 83.5 cm³/mol. The van der Waals surface area contributed by atoms with Crippen molar-refractivity contribution in [3.8, 4) is 5.75 Å². The van der Waals surface area contributed by atoms with Gasteiger partial charge in [0, 0.05) is 6.54 Å². The van der Waals surface area contributed by atoms with E-state index in [0.717, 1.165) is 36.2 Å². The Morgan fingerprint density at radius 2 is 2.32 bits per heavy atom. The zero-order valence-electron chi connectivity index (χ0n) is 11.5. The third-order valence-electron chi connectivity index (χ3n) is 3.24. The molecular weight excluding hydrogens is 302 g/mol. The molecule has 0 heterocycles. The summed E-state index contributed by atoms with van der Waals surface area (Å²) in [6.07, 6.45) is 9.30. The van der Waals surface area contributed by atoms with E-state index in [4.69, 9.17) is 4.74 Å². The van der Waals surface area contributed by atoms with Gasteiger partial charge >= 0.3 is 0 Å². The monoisotopic (exact) mass is 323 g/mol. The fourth-order valence-corrected chi connectivity index (χ4v) is 2.72. The van der Waals surface area contributed by atoms with E-state index in [1.807, 2.05) is 0 Å². The normalized spacial score (nSPS) is 18.5. The second-order valence-electron chi connectivity index (χ2n) is 4.96. The average Bonchev–Trinajstić information content (AvgIpc) is 2.43. The maximum absolute atomic E-state index is 6.01. The molecule has 2 nitrogen and oxygen atoms in total. The molecule has 0 bridgehead atoms. The van der Waals surface area contributed by atoms with E-state index in [2.05, 4.69) is 58.5 Å². The van der Waals surface area contributed by atoms with Gasteiger partial charge in [0.2, 0.25) is 0 Å². The zero-order valence-corrected chi connectivity index (χ0v) is 13.1. The van der Waals surface area contributed by atoms with Crippen LogP contribution < -0.4 is 10.1 Å². The van der Waals surface area contributed by atoms with E-state index < -0.39 is 0 Å². The summed E-state index contributed by atoms with van der Waals surface area (Å²) in [4.78, 5) is 0. The van der Waals surface area contributed by atoms with Crippen LogP contribution in [0.1, 0.15) is 38.2 Å². The highest BCUT2D eigenvalue weighted by Gasteiger charge is 2.11. The molecule has 19 heavy (non-hydrogen) atoms. The van der Waals surface area contributed by atoms with Crippen LogP contribution in [0.2, 0.25) is 0 Å². The van der Waals surface area contributed by atoms with Gasteiger partial charge in [0.1, 0.15) is 11.9 Å². The number of nitrogens with one attached hydrogen (secondary N) is 1. The quantitative estimate of drug-likeness (QED) is 0.617. The van der Waals surface area contributed by atoms with Crippen LogP contribution in [-0.2, 0) is 6.54 Å². The molecule has 0 fully saturated rings. The lowest BCUT2D eigenvalue weighted by Crippen LogP contribution is -2.16. The molecular formula is C16H22BrNO. The Balaban J connectivity index is 1.94. The first-order valence-corrected chi connectivity index (χ1v) is 7.91. The summed E-state index contributed by atoms with van der Waals surface area (Å²) >= 11 is 3.61. The molecule has 1 aliphatic rings. The van der Waals surface area contributed by atoms with Crippen molar-refractivity contribution in [1.29, 1.82) is 0 Å². The summed E-state index contributed by atoms with van der Waals surface area (Å²) in [6.45, 7) is 4.15. The lowest BCUT2D eigenvalue weighted by molar-refractivity contribution is 0.228. The molecule has 0 radical (unpaired) electrons. The molecule has 104 valence electrons. The minimum absolute atomic E-state index is 0.231. The molecule has 1 aromatic rings. The fourth-order valence-electron chi connectivity index (χ4n) is 2.20. The van der Waals surface area contributed by atoms with Crippen molar-refractivity contribution >= 4 is 15.9 Å². The van der Waals surface area contributed by atoms with Gasteiger partial charge < -0.3 is 10.1 Å². The number of halogens is 1. The van der Waals surface area contributed by atoms with Crippen molar-refractivity contribution < 1.29 is 4.74 Å². The Morgan fingerprint density at radius 3 is 3.00 bits per heavy atom. The van der Waals surface area contributed by atoms with Crippen LogP contribution in [0, 0.1) is 0 Å². The molecule has 3 heteroatoms. The van der Waals surface area contributed by atoms with Crippen molar-refractivity contribution in [2.75, 3.05) is 6.54 Å². The first-order valence-electron chi connectivity index (χ1n) is 7.12. The van der Waals surface area contributed by atoms with Crippen LogP contribution in [0.25, 0.3) is 0 Å². The maximum atomic E-state index is 6.01. The van der Waals surface area contributed by atoms with E-state index in [0.29, 0.717) is 0 Å². The van der Waals surface area contributed by atoms with Crippen molar-refractivity contribution in [2.45, 2.75) is 45.3 Å². The first kappa shape index (κ1) is 14.6. The minimum Gasteiger partial charge on any atom is -0.485 e. The highest BCUT2D eigenvalue weighted by atomic mass is 79.9. The molecule has 0 amide bonds. The zero-order chi connectivity index (χ0) is 13.5. The Labute approximate surface area is 124 Å². The van der Waals surface area contributed by atoms with Gasteiger partial charge in [-0.15, -0.1) is 0 Å². The standard InChI is InChI=1S/C16H22BrNO/c1-2-10-18-12-13-8-9-16(15(17)11-13)19-14-6-4-3-5-7-14/h4,6,8-9,11,14,18H,2-3,5,7,10,12H2,1H3. The Bertz CT molecular complexity index is 431. The van der Waals surface area contributed by atoms with Crippen LogP contribution >= 0.6 is 15.9 Å². The topological polar surface area (TPSA) is 21.3 Å². The number of benzene rings is 1. The van der Waals surface area contributed by atoms with Gasteiger partial charge in [0.15, 0.2) is 0 Å². The summed E-state index contributed by atoms with van der Waals surface area (Å²) in [5.41, 5.74) is 1.28. The van der Waals surface area contributed by atoms with E-state index in [-0.39, 0.29) is 6.10 Å². The molecule has 2 rings (SSSR count). The van der Waals surface area contributed by atoms with Gasteiger partial charge in [-0.25, -0.2) is 0 Å². The number of hydrogen-bond acceptors (Lipinski definition) is 2. The molecule has 1 aliphatic carbocycles. The first-order chi connectivity index (χ1) is 9.29. The van der Waals surface area contributed by atoms with Crippen LogP contribution in [0.15, 0.2) is 34.8 Å². The molecule has 1 atom stereocenters. The summed E-state index contributed by atoms with van der Waals surface area (Å²) < 4.78 is 7.06. The van der Waals surface area contributed by atoms with Crippen molar-refractivity contribution in [3.63, 3.8) is 0 Å². The molecule has 0 saturated carbocycles. The van der Waals surface area contributed by atoms with Crippen molar-refractivity contribution in [2.24, 2.45) is 0 Å². The molecule has 0 aliphatic heterocycles. The van der Waals surface area contributed by atoms with E-state index in [1.54, 1.807) is 0 Å². The minimum atomic E-state index is 0.231. The number of rotatable bonds is 6. The summed E-state index contributed by atoms with van der Waals surface area (Å²) in [7, 11) is 0. The van der Waals surface area contributed by atoms with E-state index >= 15 is 0 Å². The van der Waals surface area contributed by atoms with Crippen LogP contribution in [-0.4, -0.2) is 12.6 Å². The van der Waals surface area contributed by atoms with Crippen LogP contribution in [0.3, 0.4) is 0 Å². The second-order valence-corrected chi connectivity index (χ2v) is 5.81. The predicted octanol–water partition coefficient (Wildman–Crippen LogP) is 4.44. The smallest absolute Gasteiger partial charge is 0.134 e. The van der Waals surface area contributed by atoms with E-state index in [9.17, 15) is 0 Å². The summed E-state index contributed by atoms with van der Waals surface area (Å²) in [5.74, 6) is 0.941. The largest absolute Gasteiger partial charge is 0.485 e. The van der Waals surface area contributed by atoms with Crippen LogP contribution in [0.5, 0.6) is 5.75 Å². The molecule has 1 N–H and O–H groups in total. The van der Waals surface area contributed by atoms with Crippen molar-refractivity contribution in [1.82, 2.24) is 5.32 Å². The van der Waals surface area contributed by atoms with Gasteiger partial charge in [0.05, 0.1) is 4.47 Å². The van der Waals surface area contributed by atoms with Gasteiger partial charge in [0.25, 0.3) is 0 Å². The third kappa shape index (κ3) is 4.66. The third-order valence-corrected chi connectivity index (χ3v) is 3.86. The molecule has 1 unspecified atom stereocenters. The lowest BCUT2D eigenvalue weighted by Gasteiger charge is -2.19. The Kier molecular flexibility index (Phi) is 5.93. The van der Waals surface area contributed by atoms with Crippen molar-refractivity contribution in [3.05, 3.63) is 40.4 Å². The van der Waals surface area contributed by atoms with Gasteiger partial charge in [-0.05, 0) is 71.9 Å². The van der Waals surface area contributed by atoms with Crippen LogP contribution in [0.4, 0.5) is 0 Å². The molecule has 0 aromatic heterocycles. The molecule has 0 saturated heterocycles. The number of ether oxygens (including phenoxy) is 1. The fraction of sp³-hybridized carbons (Fsp3) is 0.500. The summed E-state index contributed by atoms with van der Waals surface area (Å²) in [6, 6.07) is 6.34. The summed E-state index contributed by atoms with van der Waals surface area (Å²) in [5, 5.41) is 3.41. The maximum Gasteiger partial charge on any atom is 0.134 e. The van der Waals surface area contributed by atoms with Gasteiger partial charge in [-0.1, -0.05) is 19.1 Å². The Hall–Kier alpha value is -0.800. The highest BCUT2D eigenvalue weighted by molar-refractivity contribution is 9.10. The molecule has 1 aromatic carbocycles. The highest BCUT2D eigenvalue weighted by Crippen LogP contribution is 2.28. The van der Waals surface area contributed by atoms with E-state index in [1.165, 1.54) is 18.4 Å². The second kappa shape index (κ2) is 7.71. The number of allylic oxidation sites excluding steroid dienone is 1. The van der Waals surface area contributed by atoms with Gasteiger partial charge in [-0.2, -0.15) is 0 Å². The SMILES string of the molecule is CCCNCc1ccc(OC2C=CCCC2)c(Br)c1. The Morgan fingerprint density at radius 1 is 1.42 bits per heavy atom. The van der Waals surface area contributed by atoms with Gasteiger partial charge in [-0.3, -0.25) is 0 Å².